The van der Waals surface area contributed by atoms with E-state index in [9.17, 15) is 5.11 Å². The standard InChI is InChI=1S/C14H27N3OS/c1-2-15-13(16-10-12-6-5-9-19-12)17-11-14(18)7-3-4-8-14/h12,18H,2-11H2,1H3,(H2,15,16,17). The van der Waals surface area contributed by atoms with Crippen LogP contribution in [0.3, 0.4) is 0 Å². The minimum atomic E-state index is -0.551. The van der Waals surface area contributed by atoms with Crippen LogP contribution in [0.5, 0.6) is 0 Å². The van der Waals surface area contributed by atoms with Crippen LogP contribution in [0.2, 0.25) is 0 Å². The molecule has 110 valence electrons. The number of nitrogens with one attached hydrogen (secondary N) is 2. The van der Waals surface area contributed by atoms with Gasteiger partial charge in [0.15, 0.2) is 5.96 Å². The van der Waals surface area contributed by atoms with Gasteiger partial charge in [-0.25, -0.2) is 0 Å². The van der Waals surface area contributed by atoms with Crippen LogP contribution in [0.4, 0.5) is 0 Å². The number of rotatable bonds is 5. The topological polar surface area (TPSA) is 56.7 Å². The Balaban J connectivity index is 1.79. The maximum Gasteiger partial charge on any atom is 0.191 e. The van der Waals surface area contributed by atoms with E-state index < -0.39 is 5.60 Å². The molecule has 2 fully saturated rings. The molecule has 0 aromatic heterocycles. The van der Waals surface area contributed by atoms with Gasteiger partial charge >= 0.3 is 0 Å². The van der Waals surface area contributed by atoms with Crippen molar-refractivity contribution in [3.63, 3.8) is 0 Å². The third kappa shape index (κ3) is 4.88. The highest BCUT2D eigenvalue weighted by Crippen LogP contribution is 2.29. The second-order valence-electron chi connectivity index (χ2n) is 5.64. The molecule has 1 heterocycles. The van der Waals surface area contributed by atoms with Crippen molar-refractivity contribution < 1.29 is 5.11 Å². The summed E-state index contributed by atoms with van der Waals surface area (Å²) in [6, 6.07) is 0. The fourth-order valence-corrected chi connectivity index (χ4v) is 3.98. The first kappa shape index (κ1) is 15.0. The summed E-state index contributed by atoms with van der Waals surface area (Å²) in [6.45, 7) is 4.45. The summed E-state index contributed by atoms with van der Waals surface area (Å²) in [5.74, 6) is 2.15. The molecular weight excluding hydrogens is 258 g/mol. The van der Waals surface area contributed by atoms with Crippen molar-refractivity contribution in [1.29, 1.82) is 0 Å². The Morgan fingerprint density at radius 3 is 2.74 bits per heavy atom. The maximum absolute atomic E-state index is 10.3. The van der Waals surface area contributed by atoms with Gasteiger partial charge in [0.2, 0.25) is 0 Å². The molecule has 0 spiro atoms. The van der Waals surface area contributed by atoms with Crippen LogP contribution >= 0.6 is 11.8 Å². The van der Waals surface area contributed by atoms with Gasteiger partial charge in [-0.3, -0.25) is 4.99 Å². The van der Waals surface area contributed by atoms with Crippen LogP contribution in [-0.2, 0) is 0 Å². The molecule has 1 aliphatic carbocycles. The Kier molecular flexibility index (Phi) is 5.82. The predicted octanol–water partition coefficient (Wildman–Crippen LogP) is 1.74. The number of hydrogen-bond acceptors (Lipinski definition) is 3. The number of thioether (sulfide) groups is 1. The van der Waals surface area contributed by atoms with Crippen molar-refractivity contribution in [3.05, 3.63) is 0 Å². The second kappa shape index (κ2) is 7.39. The third-order valence-corrected chi connectivity index (χ3v) is 5.33. The molecule has 1 saturated heterocycles. The predicted molar refractivity (Wildman–Crippen MR) is 82.9 cm³/mol. The van der Waals surface area contributed by atoms with Crippen molar-refractivity contribution in [3.8, 4) is 0 Å². The minimum absolute atomic E-state index is 0.528. The monoisotopic (exact) mass is 285 g/mol. The van der Waals surface area contributed by atoms with Gasteiger partial charge in [0.05, 0.1) is 12.1 Å². The van der Waals surface area contributed by atoms with Crippen LogP contribution < -0.4 is 10.6 Å². The third-order valence-electron chi connectivity index (χ3n) is 3.93. The van der Waals surface area contributed by atoms with E-state index in [1.165, 1.54) is 18.6 Å². The number of hydrogen-bond donors (Lipinski definition) is 3. The Hall–Kier alpha value is -0.420. The lowest BCUT2D eigenvalue weighted by Gasteiger charge is -2.21. The molecule has 0 radical (unpaired) electrons. The molecule has 2 aliphatic rings. The average molecular weight is 285 g/mol. The highest BCUT2D eigenvalue weighted by atomic mass is 32.2. The fourth-order valence-electron chi connectivity index (χ4n) is 2.78. The summed E-state index contributed by atoms with van der Waals surface area (Å²) in [7, 11) is 0. The molecule has 1 unspecified atom stereocenters. The first-order chi connectivity index (χ1) is 9.22. The summed E-state index contributed by atoms with van der Waals surface area (Å²) < 4.78 is 0. The number of aliphatic imine (C=N–C) groups is 1. The van der Waals surface area contributed by atoms with Crippen molar-refractivity contribution >= 4 is 17.7 Å². The van der Waals surface area contributed by atoms with Crippen molar-refractivity contribution in [2.45, 2.75) is 56.3 Å². The molecule has 5 heteroatoms. The number of guanidine groups is 1. The summed E-state index contributed by atoms with van der Waals surface area (Å²) >= 11 is 2.05. The van der Waals surface area contributed by atoms with Crippen LogP contribution in [0.25, 0.3) is 0 Å². The van der Waals surface area contributed by atoms with Crippen LogP contribution in [0, 0.1) is 0 Å². The van der Waals surface area contributed by atoms with E-state index in [1.54, 1.807) is 0 Å². The van der Waals surface area contributed by atoms with Crippen molar-refractivity contribution in [2.75, 3.05) is 25.4 Å². The second-order valence-corrected chi connectivity index (χ2v) is 7.05. The van der Waals surface area contributed by atoms with Crippen molar-refractivity contribution in [2.24, 2.45) is 4.99 Å². The molecule has 2 rings (SSSR count). The van der Waals surface area contributed by atoms with E-state index in [1.807, 2.05) is 0 Å². The molecule has 1 atom stereocenters. The first-order valence-corrected chi connectivity index (χ1v) is 8.63. The smallest absolute Gasteiger partial charge is 0.191 e. The zero-order chi connectivity index (χ0) is 13.6. The van der Waals surface area contributed by atoms with E-state index in [-0.39, 0.29) is 0 Å². The Morgan fingerprint density at radius 2 is 2.11 bits per heavy atom. The lowest BCUT2D eigenvalue weighted by atomic mass is 10.0. The average Bonchev–Trinajstić information content (AvgIpc) is 3.05. The van der Waals surface area contributed by atoms with Gasteiger partial charge in [0.25, 0.3) is 0 Å². The van der Waals surface area contributed by atoms with E-state index >= 15 is 0 Å². The van der Waals surface area contributed by atoms with E-state index in [0.29, 0.717) is 6.54 Å². The Bertz CT molecular complexity index is 297. The lowest BCUT2D eigenvalue weighted by molar-refractivity contribution is 0.0574. The summed E-state index contributed by atoms with van der Waals surface area (Å²) in [4.78, 5) is 4.56. The summed E-state index contributed by atoms with van der Waals surface area (Å²) in [5, 5.41) is 17.7. The van der Waals surface area contributed by atoms with Gasteiger partial charge in [0.1, 0.15) is 0 Å². The molecule has 19 heavy (non-hydrogen) atoms. The zero-order valence-corrected chi connectivity index (χ0v) is 12.8. The van der Waals surface area contributed by atoms with Gasteiger partial charge in [-0.15, -0.1) is 0 Å². The van der Waals surface area contributed by atoms with Crippen LogP contribution in [-0.4, -0.2) is 47.3 Å². The van der Waals surface area contributed by atoms with Crippen LogP contribution in [0.15, 0.2) is 4.99 Å². The van der Waals surface area contributed by atoms with E-state index in [0.717, 1.165) is 50.0 Å². The van der Waals surface area contributed by atoms with Gasteiger partial charge < -0.3 is 15.7 Å². The first-order valence-electron chi connectivity index (χ1n) is 7.58. The molecule has 0 amide bonds. The Labute approximate surface area is 120 Å². The molecule has 1 aliphatic heterocycles. The quantitative estimate of drug-likeness (QED) is 0.532. The molecule has 4 nitrogen and oxygen atoms in total. The highest BCUT2D eigenvalue weighted by molar-refractivity contribution is 8.00. The lowest BCUT2D eigenvalue weighted by Crippen LogP contribution is -2.41. The van der Waals surface area contributed by atoms with E-state index in [4.69, 9.17) is 0 Å². The summed E-state index contributed by atoms with van der Waals surface area (Å²) in [6.07, 6.45) is 6.71. The molecular formula is C14H27N3OS. The van der Waals surface area contributed by atoms with Gasteiger partial charge in [-0.1, -0.05) is 12.8 Å². The van der Waals surface area contributed by atoms with Gasteiger partial charge in [-0.05, 0) is 38.4 Å². The molecule has 3 N–H and O–H groups in total. The molecule has 0 bridgehead atoms. The summed E-state index contributed by atoms with van der Waals surface area (Å²) in [5.41, 5.74) is -0.551. The van der Waals surface area contributed by atoms with E-state index in [2.05, 4.69) is 34.3 Å². The maximum atomic E-state index is 10.3. The van der Waals surface area contributed by atoms with Gasteiger partial charge in [0, 0.05) is 18.3 Å². The Morgan fingerprint density at radius 1 is 1.32 bits per heavy atom. The van der Waals surface area contributed by atoms with Crippen LogP contribution in [0.1, 0.15) is 45.4 Å². The van der Waals surface area contributed by atoms with Gasteiger partial charge in [-0.2, -0.15) is 11.8 Å². The minimum Gasteiger partial charge on any atom is -0.388 e. The highest BCUT2D eigenvalue weighted by Gasteiger charge is 2.30. The largest absolute Gasteiger partial charge is 0.388 e. The SMILES string of the molecule is CCNC(=NCC1(O)CCCC1)NCC1CCCS1. The number of nitrogens with zero attached hydrogens (tertiary/aromatic N) is 1. The normalized spacial score (nSPS) is 26.6. The molecule has 1 saturated carbocycles. The number of aliphatic hydroxyl groups is 1. The zero-order valence-electron chi connectivity index (χ0n) is 12.0. The fraction of sp³-hybridized carbons (Fsp3) is 0.929. The molecule has 0 aromatic carbocycles. The van der Waals surface area contributed by atoms with Crippen molar-refractivity contribution in [1.82, 2.24) is 10.6 Å². The molecule has 0 aromatic rings.